The highest BCUT2D eigenvalue weighted by molar-refractivity contribution is 8.00. The number of benzene rings is 2. The summed E-state index contributed by atoms with van der Waals surface area (Å²) in [6.45, 7) is 1.96. The molecule has 0 heterocycles. The molecule has 3 heteroatoms. The molecule has 2 aromatic carbocycles. The molecular weight excluding hydrogens is 256 g/mol. The number of hydrogen-bond donors (Lipinski definition) is 1. The first-order valence-corrected chi connectivity index (χ1v) is 7.06. The fraction of sp³-hybridized carbons (Fsp3) is 0.188. The summed E-state index contributed by atoms with van der Waals surface area (Å²) >= 11 is 1.40. The molecule has 1 N–H and O–H groups in total. The zero-order valence-corrected chi connectivity index (χ0v) is 11.5. The molecule has 0 fully saturated rings. The number of aliphatic carboxylic acids is 1. The van der Waals surface area contributed by atoms with Crippen molar-refractivity contribution in [3.8, 4) is 0 Å². The minimum absolute atomic E-state index is 0.0380. The molecule has 0 amide bonds. The third-order valence-electron chi connectivity index (χ3n) is 3.03. The summed E-state index contributed by atoms with van der Waals surface area (Å²) in [4.78, 5) is 12.5. The van der Waals surface area contributed by atoms with Crippen molar-refractivity contribution in [1.82, 2.24) is 0 Å². The quantitative estimate of drug-likeness (QED) is 0.835. The second-order valence-electron chi connectivity index (χ2n) is 4.39. The van der Waals surface area contributed by atoms with E-state index in [1.165, 1.54) is 11.8 Å². The van der Waals surface area contributed by atoms with E-state index in [1.54, 1.807) is 0 Å². The van der Waals surface area contributed by atoms with Crippen molar-refractivity contribution < 1.29 is 9.90 Å². The van der Waals surface area contributed by atoms with E-state index >= 15 is 0 Å². The Morgan fingerprint density at radius 3 is 2.05 bits per heavy atom. The van der Waals surface area contributed by atoms with E-state index in [4.69, 9.17) is 0 Å². The SMILES string of the molecule is CC(c1ccccc1)C(Sc1ccccc1)C(=O)O. The number of carboxylic acid groups (broad SMARTS) is 1. The van der Waals surface area contributed by atoms with Gasteiger partial charge >= 0.3 is 5.97 Å². The topological polar surface area (TPSA) is 37.3 Å². The second kappa shape index (κ2) is 6.43. The van der Waals surface area contributed by atoms with Crippen molar-refractivity contribution in [2.45, 2.75) is 23.0 Å². The van der Waals surface area contributed by atoms with Gasteiger partial charge in [0.15, 0.2) is 0 Å². The molecule has 2 atom stereocenters. The zero-order valence-electron chi connectivity index (χ0n) is 10.7. The number of carboxylic acids is 1. The molecule has 0 aromatic heterocycles. The summed E-state index contributed by atoms with van der Waals surface area (Å²) in [6.07, 6.45) is 0. The Kier molecular flexibility index (Phi) is 4.63. The van der Waals surface area contributed by atoms with Gasteiger partial charge in [-0.15, -0.1) is 11.8 Å². The van der Waals surface area contributed by atoms with Crippen molar-refractivity contribution in [2.75, 3.05) is 0 Å². The van der Waals surface area contributed by atoms with Crippen molar-refractivity contribution in [1.29, 1.82) is 0 Å². The molecule has 2 unspecified atom stereocenters. The highest BCUT2D eigenvalue weighted by Gasteiger charge is 2.26. The predicted molar refractivity (Wildman–Crippen MR) is 78.6 cm³/mol. The first-order chi connectivity index (χ1) is 9.18. The number of hydrogen-bond acceptors (Lipinski definition) is 2. The van der Waals surface area contributed by atoms with Crippen LogP contribution in [0, 0.1) is 0 Å². The molecule has 0 aliphatic carbocycles. The van der Waals surface area contributed by atoms with Crippen LogP contribution in [0.5, 0.6) is 0 Å². The van der Waals surface area contributed by atoms with Crippen LogP contribution in [0.15, 0.2) is 65.6 Å². The predicted octanol–water partition coefficient (Wildman–Crippen LogP) is 4.04. The fourth-order valence-electron chi connectivity index (χ4n) is 1.94. The van der Waals surface area contributed by atoms with E-state index in [2.05, 4.69) is 0 Å². The van der Waals surface area contributed by atoms with Crippen molar-refractivity contribution >= 4 is 17.7 Å². The third kappa shape index (κ3) is 3.61. The van der Waals surface area contributed by atoms with Crippen LogP contribution in [-0.2, 0) is 4.79 Å². The van der Waals surface area contributed by atoms with Gasteiger partial charge in [0, 0.05) is 10.8 Å². The highest BCUT2D eigenvalue weighted by Crippen LogP contribution is 2.33. The molecule has 0 saturated carbocycles. The number of thioether (sulfide) groups is 1. The van der Waals surface area contributed by atoms with Crippen LogP contribution >= 0.6 is 11.8 Å². The van der Waals surface area contributed by atoms with E-state index in [9.17, 15) is 9.90 Å². The minimum Gasteiger partial charge on any atom is -0.480 e. The maximum absolute atomic E-state index is 11.5. The van der Waals surface area contributed by atoms with Gasteiger partial charge in [0.1, 0.15) is 5.25 Å². The molecule has 0 aliphatic heterocycles. The van der Waals surface area contributed by atoms with E-state index in [-0.39, 0.29) is 5.92 Å². The molecular formula is C16H16O2S. The maximum atomic E-state index is 11.5. The molecule has 19 heavy (non-hydrogen) atoms. The lowest BCUT2D eigenvalue weighted by molar-refractivity contribution is -0.136. The van der Waals surface area contributed by atoms with Crippen LogP contribution in [0.3, 0.4) is 0 Å². The zero-order chi connectivity index (χ0) is 13.7. The van der Waals surface area contributed by atoms with Crippen LogP contribution in [0.4, 0.5) is 0 Å². The summed E-state index contributed by atoms with van der Waals surface area (Å²) < 4.78 is 0. The van der Waals surface area contributed by atoms with Gasteiger partial charge in [0.05, 0.1) is 0 Å². The lowest BCUT2D eigenvalue weighted by Gasteiger charge is -2.20. The van der Waals surface area contributed by atoms with Gasteiger partial charge in [-0.1, -0.05) is 55.5 Å². The molecule has 0 aliphatic rings. The molecule has 2 aromatic rings. The summed E-state index contributed by atoms with van der Waals surface area (Å²) in [7, 11) is 0. The normalized spacial score (nSPS) is 13.7. The fourth-order valence-corrected chi connectivity index (χ4v) is 3.01. The molecule has 98 valence electrons. The Bertz CT molecular complexity index is 525. The Balaban J connectivity index is 2.19. The van der Waals surface area contributed by atoms with Crippen LogP contribution in [0.2, 0.25) is 0 Å². The molecule has 0 saturated heterocycles. The first-order valence-electron chi connectivity index (χ1n) is 6.18. The monoisotopic (exact) mass is 272 g/mol. The number of rotatable bonds is 5. The van der Waals surface area contributed by atoms with Gasteiger partial charge in [-0.05, 0) is 17.7 Å². The summed E-state index contributed by atoms with van der Waals surface area (Å²) in [5.74, 6) is -0.811. The van der Waals surface area contributed by atoms with Gasteiger partial charge in [0.2, 0.25) is 0 Å². The lowest BCUT2D eigenvalue weighted by atomic mass is 9.97. The molecule has 2 nitrogen and oxygen atoms in total. The third-order valence-corrected chi connectivity index (χ3v) is 4.44. The smallest absolute Gasteiger partial charge is 0.317 e. The molecule has 0 bridgehead atoms. The Morgan fingerprint density at radius 2 is 1.53 bits per heavy atom. The minimum atomic E-state index is -0.773. The van der Waals surface area contributed by atoms with Gasteiger partial charge in [-0.3, -0.25) is 4.79 Å². The maximum Gasteiger partial charge on any atom is 0.317 e. The van der Waals surface area contributed by atoms with Gasteiger partial charge in [-0.2, -0.15) is 0 Å². The summed E-state index contributed by atoms with van der Waals surface area (Å²) in [6, 6.07) is 19.4. The largest absolute Gasteiger partial charge is 0.480 e. The second-order valence-corrected chi connectivity index (χ2v) is 5.60. The Hall–Kier alpha value is -1.74. The highest BCUT2D eigenvalue weighted by atomic mass is 32.2. The van der Waals surface area contributed by atoms with Crippen molar-refractivity contribution in [3.63, 3.8) is 0 Å². The molecule has 2 rings (SSSR count). The van der Waals surface area contributed by atoms with Crippen LogP contribution < -0.4 is 0 Å². The van der Waals surface area contributed by atoms with E-state index in [0.29, 0.717) is 0 Å². The van der Waals surface area contributed by atoms with Gasteiger partial charge < -0.3 is 5.11 Å². The van der Waals surface area contributed by atoms with Gasteiger partial charge in [-0.25, -0.2) is 0 Å². The average Bonchev–Trinajstić information content (AvgIpc) is 2.46. The summed E-state index contributed by atoms with van der Waals surface area (Å²) in [5, 5.41) is 8.96. The average molecular weight is 272 g/mol. The first kappa shape index (κ1) is 13.7. The lowest BCUT2D eigenvalue weighted by Crippen LogP contribution is -2.23. The van der Waals surface area contributed by atoms with Crippen molar-refractivity contribution in [2.24, 2.45) is 0 Å². The van der Waals surface area contributed by atoms with E-state index in [1.807, 2.05) is 67.6 Å². The Labute approximate surface area is 117 Å². The Morgan fingerprint density at radius 1 is 1.00 bits per heavy atom. The molecule has 0 radical (unpaired) electrons. The van der Waals surface area contributed by atoms with Gasteiger partial charge in [0.25, 0.3) is 0 Å². The van der Waals surface area contributed by atoms with Crippen molar-refractivity contribution in [3.05, 3.63) is 66.2 Å². The molecule has 0 spiro atoms. The van der Waals surface area contributed by atoms with Crippen LogP contribution in [-0.4, -0.2) is 16.3 Å². The van der Waals surface area contributed by atoms with Crippen LogP contribution in [0.25, 0.3) is 0 Å². The van der Waals surface area contributed by atoms with E-state index in [0.717, 1.165) is 10.5 Å². The standard InChI is InChI=1S/C16H16O2S/c1-12(13-8-4-2-5-9-13)15(16(17)18)19-14-10-6-3-7-11-14/h2-12,15H,1H3,(H,17,18). The summed E-state index contributed by atoms with van der Waals surface area (Å²) in [5.41, 5.74) is 1.05. The van der Waals surface area contributed by atoms with E-state index < -0.39 is 11.2 Å². The number of carbonyl (C=O) groups is 1. The van der Waals surface area contributed by atoms with Crippen LogP contribution in [0.1, 0.15) is 18.4 Å².